The van der Waals surface area contributed by atoms with Gasteiger partial charge in [-0.3, -0.25) is 0 Å². The molecule has 0 radical (unpaired) electrons. The van der Waals surface area contributed by atoms with E-state index < -0.39 is 0 Å². The number of nitrogens with zero attached hydrogens (tertiary/aromatic N) is 1. The second-order valence-electron chi connectivity index (χ2n) is 4.68. The van der Waals surface area contributed by atoms with Crippen molar-refractivity contribution in [2.24, 2.45) is 7.05 Å². The standard InChI is InChI=1S/C13H22N2.ClH/c1-15-10-6-9-13(15)11-14-12-7-4-2-3-5-8-12;/h6,9-10,12,14H,2-5,7-8,11H2,1H3;1H. The zero-order valence-corrected chi connectivity index (χ0v) is 10.9. The molecular formula is C13H23ClN2. The van der Waals surface area contributed by atoms with E-state index in [1.807, 2.05) is 0 Å². The first-order valence-electron chi connectivity index (χ1n) is 6.20. The highest BCUT2D eigenvalue weighted by atomic mass is 35.5. The molecule has 1 aromatic rings. The Morgan fingerprint density at radius 1 is 1.25 bits per heavy atom. The van der Waals surface area contributed by atoms with Crippen LogP contribution < -0.4 is 5.32 Å². The minimum Gasteiger partial charge on any atom is -0.353 e. The first-order chi connectivity index (χ1) is 7.36. The number of hydrogen-bond donors (Lipinski definition) is 1. The highest BCUT2D eigenvalue weighted by Crippen LogP contribution is 2.17. The number of rotatable bonds is 3. The van der Waals surface area contributed by atoms with Gasteiger partial charge in [0.2, 0.25) is 0 Å². The summed E-state index contributed by atoms with van der Waals surface area (Å²) in [7, 11) is 2.12. The van der Waals surface area contributed by atoms with Crippen LogP contribution in [0.4, 0.5) is 0 Å². The summed E-state index contributed by atoms with van der Waals surface area (Å²) in [5, 5.41) is 3.68. The summed E-state index contributed by atoms with van der Waals surface area (Å²) in [5.74, 6) is 0. The molecule has 0 unspecified atom stereocenters. The molecule has 1 heterocycles. The number of halogens is 1. The largest absolute Gasteiger partial charge is 0.353 e. The van der Waals surface area contributed by atoms with Gasteiger partial charge in [0.05, 0.1) is 0 Å². The fourth-order valence-corrected chi connectivity index (χ4v) is 2.41. The summed E-state index contributed by atoms with van der Waals surface area (Å²) in [6, 6.07) is 5.07. The predicted octanol–water partition coefficient (Wildman–Crippen LogP) is 3.26. The second kappa shape index (κ2) is 6.97. The molecule has 0 saturated heterocycles. The summed E-state index contributed by atoms with van der Waals surface area (Å²) in [4.78, 5) is 0. The van der Waals surface area contributed by atoms with E-state index >= 15 is 0 Å². The molecule has 1 fully saturated rings. The Labute approximate surface area is 105 Å². The van der Waals surface area contributed by atoms with Crippen LogP contribution in [0.1, 0.15) is 44.2 Å². The average molecular weight is 243 g/mol. The zero-order valence-electron chi connectivity index (χ0n) is 10.1. The van der Waals surface area contributed by atoms with E-state index in [2.05, 4.69) is 35.3 Å². The normalized spacial score (nSPS) is 17.8. The first kappa shape index (κ1) is 13.6. The van der Waals surface area contributed by atoms with Gasteiger partial charge in [-0.1, -0.05) is 25.7 Å². The molecule has 0 spiro atoms. The highest BCUT2D eigenvalue weighted by molar-refractivity contribution is 5.85. The van der Waals surface area contributed by atoms with Crippen molar-refractivity contribution in [2.75, 3.05) is 0 Å². The van der Waals surface area contributed by atoms with Gasteiger partial charge in [0.1, 0.15) is 0 Å². The van der Waals surface area contributed by atoms with Crippen LogP contribution in [0.25, 0.3) is 0 Å². The van der Waals surface area contributed by atoms with E-state index in [9.17, 15) is 0 Å². The third-order valence-corrected chi connectivity index (χ3v) is 3.48. The molecule has 0 aromatic carbocycles. The van der Waals surface area contributed by atoms with Crippen LogP contribution in [-0.2, 0) is 13.6 Å². The van der Waals surface area contributed by atoms with Crippen molar-refractivity contribution in [3.63, 3.8) is 0 Å². The number of aryl methyl sites for hydroxylation is 1. The van der Waals surface area contributed by atoms with Crippen molar-refractivity contribution in [3.8, 4) is 0 Å². The maximum Gasteiger partial charge on any atom is 0.0361 e. The van der Waals surface area contributed by atoms with Crippen LogP contribution >= 0.6 is 12.4 Å². The van der Waals surface area contributed by atoms with Crippen molar-refractivity contribution >= 4 is 12.4 Å². The third-order valence-electron chi connectivity index (χ3n) is 3.48. The van der Waals surface area contributed by atoms with E-state index in [-0.39, 0.29) is 12.4 Å². The molecule has 0 bridgehead atoms. The van der Waals surface area contributed by atoms with Gasteiger partial charge in [-0.05, 0) is 25.0 Å². The maximum atomic E-state index is 3.68. The fourth-order valence-electron chi connectivity index (χ4n) is 2.41. The topological polar surface area (TPSA) is 17.0 Å². The van der Waals surface area contributed by atoms with E-state index in [0.29, 0.717) is 0 Å². The number of aromatic nitrogens is 1. The zero-order chi connectivity index (χ0) is 10.5. The monoisotopic (exact) mass is 242 g/mol. The van der Waals surface area contributed by atoms with Crippen molar-refractivity contribution in [1.29, 1.82) is 0 Å². The predicted molar refractivity (Wildman–Crippen MR) is 71.0 cm³/mol. The van der Waals surface area contributed by atoms with Crippen molar-refractivity contribution in [1.82, 2.24) is 9.88 Å². The van der Waals surface area contributed by atoms with Gasteiger partial charge in [-0.25, -0.2) is 0 Å². The minimum absolute atomic E-state index is 0. The van der Waals surface area contributed by atoms with Gasteiger partial charge in [0.25, 0.3) is 0 Å². The highest BCUT2D eigenvalue weighted by Gasteiger charge is 2.11. The number of nitrogens with one attached hydrogen (secondary N) is 1. The molecule has 1 N–H and O–H groups in total. The Morgan fingerprint density at radius 3 is 2.50 bits per heavy atom. The van der Waals surface area contributed by atoms with E-state index in [4.69, 9.17) is 0 Å². The molecule has 0 aliphatic heterocycles. The Kier molecular flexibility index (Phi) is 5.93. The van der Waals surface area contributed by atoms with Gasteiger partial charge in [0.15, 0.2) is 0 Å². The lowest BCUT2D eigenvalue weighted by atomic mass is 10.1. The van der Waals surface area contributed by atoms with Crippen LogP contribution in [0, 0.1) is 0 Å². The maximum absolute atomic E-state index is 3.68. The van der Waals surface area contributed by atoms with Gasteiger partial charge >= 0.3 is 0 Å². The van der Waals surface area contributed by atoms with E-state index in [1.54, 1.807) is 0 Å². The van der Waals surface area contributed by atoms with Crippen LogP contribution in [0.2, 0.25) is 0 Å². The second-order valence-corrected chi connectivity index (χ2v) is 4.68. The lowest BCUT2D eigenvalue weighted by Crippen LogP contribution is -2.28. The van der Waals surface area contributed by atoms with E-state index in [0.717, 1.165) is 12.6 Å². The minimum atomic E-state index is 0. The lowest BCUT2D eigenvalue weighted by molar-refractivity contribution is 0.453. The smallest absolute Gasteiger partial charge is 0.0361 e. The molecule has 2 rings (SSSR count). The van der Waals surface area contributed by atoms with Crippen LogP contribution in [-0.4, -0.2) is 10.6 Å². The Bertz CT molecular complexity index is 288. The summed E-state index contributed by atoms with van der Waals surface area (Å²) in [6.45, 7) is 1.02. The summed E-state index contributed by atoms with van der Waals surface area (Å²) in [5.41, 5.74) is 1.39. The molecule has 16 heavy (non-hydrogen) atoms. The molecule has 0 amide bonds. The Hall–Kier alpha value is -0.470. The number of hydrogen-bond acceptors (Lipinski definition) is 1. The molecule has 0 atom stereocenters. The Balaban J connectivity index is 0.00000128. The molecule has 1 aliphatic carbocycles. The first-order valence-corrected chi connectivity index (χ1v) is 6.20. The van der Waals surface area contributed by atoms with Crippen LogP contribution in [0.3, 0.4) is 0 Å². The average Bonchev–Trinajstić information content (AvgIpc) is 2.53. The lowest BCUT2D eigenvalue weighted by Gasteiger charge is -2.16. The van der Waals surface area contributed by atoms with Gasteiger partial charge in [-0.15, -0.1) is 12.4 Å². The van der Waals surface area contributed by atoms with Gasteiger partial charge in [-0.2, -0.15) is 0 Å². The quantitative estimate of drug-likeness (QED) is 0.806. The SMILES string of the molecule is Cl.Cn1cccc1CNC1CCCCCC1. The molecule has 1 aliphatic rings. The van der Waals surface area contributed by atoms with Gasteiger partial charge < -0.3 is 9.88 Å². The fraction of sp³-hybridized carbons (Fsp3) is 0.692. The molecule has 1 saturated carbocycles. The van der Waals surface area contributed by atoms with Crippen LogP contribution in [0.5, 0.6) is 0 Å². The third kappa shape index (κ3) is 3.84. The molecular weight excluding hydrogens is 220 g/mol. The van der Waals surface area contributed by atoms with Crippen LogP contribution in [0.15, 0.2) is 18.3 Å². The summed E-state index contributed by atoms with van der Waals surface area (Å²) >= 11 is 0. The molecule has 92 valence electrons. The summed E-state index contributed by atoms with van der Waals surface area (Å²) in [6.07, 6.45) is 10.5. The summed E-state index contributed by atoms with van der Waals surface area (Å²) < 4.78 is 2.20. The van der Waals surface area contributed by atoms with Gasteiger partial charge in [0, 0.05) is 31.5 Å². The van der Waals surface area contributed by atoms with Crippen molar-refractivity contribution < 1.29 is 0 Å². The molecule has 2 nitrogen and oxygen atoms in total. The van der Waals surface area contributed by atoms with E-state index in [1.165, 1.54) is 44.2 Å². The van der Waals surface area contributed by atoms with Crippen molar-refractivity contribution in [2.45, 2.75) is 51.1 Å². The Morgan fingerprint density at radius 2 is 1.94 bits per heavy atom. The molecule has 3 heteroatoms. The molecule has 1 aromatic heterocycles. The van der Waals surface area contributed by atoms with Crippen molar-refractivity contribution in [3.05, 3.63) is 24.0 Å².